The smallest absolute Gasteiger partial charge is 0.176 e. The van der Waals surface area contributed by atoms with Gasteiger partial charge in [0.1, 0.15) is 0 Å². The predicted molar refractivity (Wildman–Crippen MR) is 47.9 cm³/mol. The lowest BCUT2D eigenvalue weighted by Gasteiger charge is -1.88. The fourth-order valence-corrected chi connectivity index (χ4v) is 0.542. The Labute approximate surface area is 68.1 Å². The highest BCUT2D eigenvalue weighted by atomic mass is 16.5. The van der Waals surface area contributed by atoms with Gasteiger partial charge < -0.3 is 4.74 Å². The van der Waals surface area contributed by atoms with E-state index >= 15 is 0 Å². The van der Waals surface area contributed by atoms with Crippen molar-refractivity contribution in [1.29, 1.82) is 5.41 Å². The molecule has 62 valence electrons. The average molecular weight is 153 g/mol. The molecule has 0 saturated carbocycles. The van der Waals surface area contributed by atoms with Gasteiger partial charge in [-0.05, 0) is 12.8 Å². The van der Waals surface area contributed by atoms with Crippen LogP contribution in [-0.4, -0.2) is 13.0 Å². The maximum Gasteiger partial charge on any atom is 0.176 e. The third kappa shape index (κ3) is 8.95. The van der Waals surface area contributed by atoms with Crippen molar-refractivity contribution in [2.75, 3.05) is 7.11 Å². The molecular formula is C9H15NO. The molecule has 0 aromatic rings. The fourth-order valence-electron chi connectivity index (χ4n) is 0.542. The first kappa shape index (κ1) is 9.95. The van der Waals surface area contributed by atoms with Gasteiger partial charge in [0.2, 0.25) is 0 Å². The Kier molecular flexibility index (Phi) is 6.39. The van der Waals surface area contributed by atoms with E-state index in [0.717, 1.165) is 0 Å². The zero-order chi connectivity index (χ0) is 8.53. The van der Waals surface area contributed by atoms with E-state index in [1.165, 1.54) is 20.0 Å². The van der Waals surface area contributed by atoms with Gasteiger partial charge in [-0.3, -0.25) is 5.41 Å². The average Bonchev–Trinajstić information content (AvgIpc) is 2.09. The molecule has 0 fully saturated rings. The van der Waals surface area contributed by atoms with Gasteiger partial charge in [-0.2, -0.15) is 0 Å². The van der Waals surface area contributed by atoms with Gasteiger partial charge in [0.05, 0.1) is 7.11 Å². The van der Waals surface area contributed by atoms with Crippen molar-refractivity contribution < 1.29 is 4.74 Å². The number of ether oxygens (including phenoxy) is 1. The summed E-state index contributed by atoms with van der Waals surface area (Å²) in [7, 11) is 1.47. The summed E-state index contributed by atoms with van der Waals surface area (Å²) >= 11 is 0. The fraction of sp³-hybridized carbons (Fsp3) is 0.444. The van der Waals surface area contributed by atoms with Crippen molar-refractivity contribution in [2.24, 2.45) is 0 Å². The van der Waals surface area contributed by atoms with Gasteiger partial charge in [-0.15, -0.1) is 0 Å². The number of hydrogen-bond acceptors (Lipinski definition) is 2. The maximum absolute atomic E-state index is 6.52. The zero-order valence-electron chi connectivity index (χ0n) is 7.13. The summed E-state index contributed by atoms with van der Waals surface area (Å²) in [4.78, 5) is 0. The number of nitrogens with one attached hydrogen (secondary N) is 1. The molecule has 0 radical (unpaired) electrons. The first-order valence-electron chi connectivity index (χ1n) is 3.68. The molecule has 0 amide bonds. The number of methoxy groups -OCH3 is 1. The van der Waals surface area contributed by atoms with Crippen LogP contribution in [0.3, 0.4) is 0 Å². The molecule has 0 aromatic heterocycles. The van der Waals surface area contributed by atoms with E-state index in [9.17, 15) is 0 Å². The van der Waals surface area contributed by atoms with Crippen LogP contribution in [-0.2, 0) is 4.74 Å². The van der Waals surface area contributed by atoms with Crippen LogP contribution >= 0.6 is 0 Å². The molecule has 0 saturated heterocycles. The lowest BCUT2D eigenvalue weighted by molar-refractivity contribution is 0.396. The van der Waals surface area contributed by atoms with Crippen LogP contribution in [0.2, 0.25) is 0 Å². The summed E-state index contributed by atoms with van der Waals surface area (Å²) in [5.41, 5.74) is 0. The minimum atomic E-state index is 0.255. The molecule has 0 atom stereocenters. The Bertz CT molecular complexity index is 147. The molecule has 0 bridgehead atoms. The van der Waals surface area contributed by atoms with Crippen LogP contribution in [0.25, 0.3) is 0 Å². The Balaban J connectivity index is 0.000000187. The number of rotatable bonds is 0. The molecule has 11 heavy (non-hydrogen) atoms. The largest absolute Gasteiger partial charge is 0.485 e. The van der Waals surface area contributed by atoms with Gasteiger partial charge in [0, 0.05) is 6.92 Å². The second kappa shape index (κ2) is 7.06. The van der Waals surface area contributed by atoms with Gasteiger partial charge >= 0.3 is 0 Å². The lowest BCUT2D eigenvalue weighted by atomic mass is 10.2. The normalized spacial score (nSPS) is 13.3. The Morgan fingerprint density at radius 1 is 1.27 bits per heavy atom. The highest BCUT2D eigenvalue weighted by Gasteiger charge is 1.77. The van der Waals surface area contributed by atoms with Crippen molar-refractivity contribution in [3.8, 4) is 0 Å². The maximum atomic E-state index is 6.52. The number of allylic oxidation sites excluding steroid dienone is 4. The second-order valence-corrected chi connectivity index (χ2v) is 2.19. The molecule has 1 N–H and O–H groups in total. The van der Waals surface area contributed by atoms with E-state index in [-0.39, 0.29) is 5.90 Å². The van der Waals surface area contributed by atoms with E-state index < -0.39 is 0 Å². The van der Waals surface area contributed by atoms with Crippen LogP contribution in [0, 0.1) is 5.41 Å². The summed E-state index contributed by atoms with van der Waals surface area (Å²) in [6.07, 6.45) is 11.0. The SMILES string of the molecule is C1=CCCC=C1.COC(C)=N. The summed E-state index contributed by atoms with van der Waals surface area (Å²) in [5.74, 6) is 0.255. The van der Waals surface area contributed by atoms with E-state index in [4.69, 9.17) is 5.41 Å². The Morgan fingerprint density at radius 2 is 1.64 bits per heavy atom. The molecule has 2 nitrogen and oxygen atoms in total. The molecule has 0 unspecified atom stereocenters. The summed E-state index contributed by atoms with van der Waals surface area (Å²) < 4.78 is 4.33. The van der Waals surface area contributed by atoms with Crippen LogP contribution < -0.4 is 0 Å². The Morgan fingerprint density at radius 3 is 1.73 bits per heavy atom. The second-order valence-electron chi connectivity index (χ2n) is 2.19. The van der Waals surface area contributed by atoms with Gasteiger partial charge in [0.25, 0.3) is 0 Å². The standard InChI is InChI=1S/C6H8.C3H7NO/c1-2-4-6-5-3-1;1-3(4)5-2/h1-4H,5-6H2;4H,1-2H3. The topological polar surface area (TPSA) is 33.1 Å². The third-order valence-electron chi connectivity index (χ3n) is 1.19. The zero-order valence-corrected chi connectivity index (χ0v) is 7.13. The molecule has 2 heteroatoms. The first-order valence-corrected chi connectivity index (χ1v) is 3.68. The molecule has 1 aliphatic rings. The number of hydrogen-bond donors (Lipinski definition) is 1. The van der Waals surface area contributed by atoms with Crippen LogP contribution in [0.4, 0.5) is 0 Å². The van der Waals surface area contributed by atoms with Crippen molar-refractivity contribution >= 4 is 5.90 Å². The summed E-state index contributed by atoms with van der Waals surface area (Å²) in [6, 6.07) is 0. The quantitative estimate of drug-likeness (QED) is 0.421. The molecule has 1 aliphatic carbocycles. The molecule has 0 aliphatic heterocycles. The van der Waals surface area contributed by atoms with Gasteiger partial charge in [0.15, 0.2) is 5.90 Å². The van der Waals surface area contributed by atoms with Crippen LogP contribution in [0.15, 0.2) is 24.3 Å². The minimum Gasteiger partial charge on any atom is -0.485 e. The van der Waals surface area contributed by atoms with Crippen molar-refractivity contribution in [3.05, 3.63) is 24.3 Å². The van der Waals surface area contributed by atoms with E-state index in [2.05, 4.69) is 29.0 Å². The van der Waals surface area contributed by atoms with E-state index in [1.807, 2.05) is 0 Å². The molecule has 0 aromatic carbocycles. The van der Waals surface area contributed by atoms with Crippen LogP contribution in [0.1, 0.15) is 19.8 Å². The molecule has 0 heterocycles. The monoisotopic (exact) mass is 153 g/mol. The third-order valence-corrected chi connectivity index (χ3v) is 1.19. The minimum absolute atomic E-state index is 0.255. The molecule has 1 rings (SSSR count). The molecular weight excluding hydrogens is 138 g/mol. The summed E-state index contributed by atoms with van der Waals surface area (Å²) in [6.45, 7) is 1.58. The van der Waals surface area contributed by atoms with E-state index in [0.29, 0.717) is 0 Å². The van der Waals surface area contributed by atoms with Crippen molar-refractivity contribution in [2.45, 2.75) is 19.8 Å². The molecule has 0 spiro atoms. The highest BCUT2D eigenvalue weighted by Crippen LogP contribution is 1.98. The van der Waals surface area contributed by atoms with Gasteiger partial charge in [-0.25, -0.2) is 0 Å². The first-order chi connectivity index (χ1) is 5.27. The highest BCUT2D eigenvalue weighted by molar-refractivity contribution is 5.68. The predicted octanol–water partition coefficient (Wildman–Crippen LogP) is 2.52. The lowest BCUT2D eigenvalue weighted by Crippen LogP contribution is -1.87. The van der Waals surface area contributed by atoms with Crippen LogP contribution in [0.5, 0.6) is 0 Å². The van der Waals surface area contributed by atoms with Gasteiger partial charge in [-0.1, -0.05) is 24.3 Å². The summed E-state index contributed by atoms with van der Waals surface area (Å²) in [5, 5.41) is 6.52. The van der Waals surface area contributed by atoms with Crippen molar-refractivity contribution in [3.63, 3.8) is 0 Å². The van der Waals surface area contributed by atoms with E-state index in [1.54, 1.807) is 6.92 Å². The van der Waals surface area contributed by atoms with Crippen molar-refractivity contribution in [1.82, 2.24) is 0 Å². The Hall–Kier alpha value is -1.05.